The minimum Gasteiger partial charge on any atom is -0.479 e. The number of hydrogen-bond acceptors (Lipinski definition) is 4. The van der Waals surface area contributed by atoms with Crippen molar-refractivity contribution in [2.24, 2.45) is 5.92 Å². The summed E-state index contributed by atoms with van der Waals surface area (Å²) < 4.78 is 9.84. The lowest BCUT2D eigenvalue weighted by atomic mass is 9.90. The van der Waals surface area contributed by atoms with Gasteiger partial charge in [0.15, 0.2) is 0 Å². The van der Waals surface area contributed by atoms with E-state index in [1.165, 1.54) is 6.42 Å². The van der Waals surface area contributed by atoms with E-state index in [1.54, 1.807) is 6.92 Å². The highest BCUT2D eigenvalue weighted by Crippen LogP contribution is 2.24. The molecule has 0 amide bonds. The zero-order valence-electron chi connectivity index (χ0n) is 10.2. The van der Waals surface area contributed by atoms with Crippen molar-refractivity contribution < 1.29 is 24.2 Å². The first-order valence-corrected chi connectivity index (χ1v) is 6.16. The van der Waals surface area contributed by atoms with Gasteiger partial charge in [0.05, 0.1) is 13.2 Å². The molecule has 1 aliphatic rings. The van der Waals surface area contributed by atoms with Crippen LogP contribution in [0.4, 0.5) is 0 Å². The first-order valence-electron chi connectivity index (χ1n) is 6.16. The largest absolute Gasteiger partial charge is 0.479 e. The molecular weight excluding hydrogens is 224 g/mol. The minimum atomic E-state index is -1.48. The van der Waals surface area contributed by atoms with E-state index < -0.39 is 18.0 Å². The molecule has 0 aliphatic heterocycles. The third-order valence-electron chi connectivity index (χ3n) is 2.95. The molecule has 1 fully saturated rings. The molecule has 5 nitrogen and oxygen atoms in total. The van der Waals surface area contributed by atoms with Gasteiger partial charge in [-0.05, 0) is 25.7 Å². The summed E-state index contributed by atoms with van der Waals surface area (Å²) in [5.74, 6) is -1.71. The van der Waals surface area contributed by atoms with E-state index in [-0.39, 0.29) is 6.61 Å². The quantitative estimate of drug-likeness (QED) is 0.567. The minimum absolute atomic E-state index is 0.162. The highest BCUT2D eigenvalue weighted by atomic mass is 16.6. The number of carboxylic acid groups (broad SMARTS) is 1. The van der Waals surface area contributed by atoms with E-state index in [9.17, 15) is 9.59 Å². The Morgan fingerprint density at radius 2 is 1.94 bits per heavy atom. The molecule has 0 bridgehead atoms. The van der Waals surface area contributed by atoms with Crippen LogP contribution < -0.4 is 0 Å². The van der Waals surface area contributed by atoms with Crippen LogP contribution in [0.1, 0.15) is 39.0 Å². The third kappa shape index (κ3) is 4.73. The predicted molar refractivity (Wildman–Crippen MR) is 60.6 cm³/mol. The van der Waals surface area contributed by atoms with Crippen LogP contribution in [0, 0.1) is 5.92 Å². The summed E-state index contributed by atoms with van der Waals surface area (Å²) in [5.41, 5.74) is 0. The van der Waals surface area contributed by atoms with Crippen molar-refractivity contribution in [2.75, 3.05) is 13.2 Å². The molecule has 1 unspecified atom stereocenters. The average Bonchev–Trinajstić information content (AvgIpc) is 2.30. The summed E-state index contributed by atoms with van der Waals surface area (Å²) in [6.07, 6.45) is 4.18. The number of carboxylic acids is 1. The van der Waals surface area contributed by atoms with E-state index in [4.69, 9.17) is 9.84 Å². The van der Waals surface area contributed by atoms with Crippen molar-refractivity contribution in [3.05, 3.63) is 0 Å². The normalized spacial score (nSPS) is 18.6. The Balaban J connectivity index is 2.38. The monoisotopic (exact) mass is 244 g/mol. The van der Waals surface area contributed by atoms with E-state index >= 15 is 0 Å². The molecule has 0 heterocycles. The Hall–Kier alpha value is -1.10. The Bertz CT molecular complexity index is 258. The standard InChI is InChI=1S/C12H20O5/c1-2-16-12(15)10(11(13)14)17-8-9-6-4-3-5-7-9/h9-10H,2-8H2,1H3,(H,13,14). The zero-order valence-corrected chi connectivity index (χ0v) is 10.2. The maximum Gasteiger partial charge on any atom is 0.347 e. The number of hydrogen-bond donors (Lipinski definition) is 1. The lowest BCUT2D eigenvalue weighted by Crippen LogP contribution is -2.36. The highest BCUT2D eigenvalue weighted by molar-refractivity contribution is 5.97. The van der Waals surface area contributed by atoms with Crippen LogP contribution in [0.3, 0.4) is 0 Å². The van der Waals surface area contributed by atoms with Gasteiger partial charge in [0.25, 0.3) is 6.10 Å². The smallest absolute Gasteiger partial charge is 0.347 e. The van der Waals surface area contributed by atoms with Crippen LogP contribution in [0.5, 0.6) is 0 Å². The van der Waals surface area contributed by atoms with Gasteiger partial charge in [0, 0.05) is 0 Å². The van der Waals surface area contributed by atoms with Crippen molar-refractivity contribution in [3.8, 4) is 0 Å². The van der Waals surface area contributed by atoms with E-state index in [2.05, 4.69) is 4.74 Å². The summed E-state index contributed by atoms with van der Waals surface area (Å²) in [6.45, 7) is 2.13. The van der Waals surface area contributed by atoms with Crippen LogP contribution in [-0.4, -0.2) is 36.4 Å². The highest BCUT2D eigenvalue weighted by Gasteiger charge is 2.29. The van der Waals surface area contributed by atoms with Crippen LogP contribution in [0.25, 0.3) is 0 Å². The number of carbonyl (C=O) groups excluding carboxylic acids is 1. The Kier molecular flexibility index (Phi) is 5.97. The van der Waals surface area contributed by atoms with Crippen LogP contribution >= 0.6 is 0 Å². The van der Waals surface area contributed by atoms with Crippen molar-refractivity contribution in [3.63, 3.8) is 0 Å². The van der Waals surface area contributed by atoms with Crippen LogP contribution in [-0.2, 0) is 19.1 Å². The summed E-state index contributed by atoms with van der Waals surface area (Å²) in [6, 6.07) is 0. The van der Waals surface area contributed by atoms with Crippen molar-refractivity contribution in [2.45, 2.75) is 45.1 Å². The molecule has 1 N–H and O–H groups in total. The maximum absolute atomic E-state index is 11.3. The lowest BCUT2D eigenvalue weighted by Gasteiger charge is -2.22. The Morgan fingerprint density at radius 1 is 1.29 bits per heavy atom. The van der Waals surface area contributed by atoms with Gasteiger partial charge in [-0.3, -0.25) is 0 Å². The fraction of sp³-hybridized carbons (Fsp3) is 0.833. The topological polar surface area (TPSA) is 72.8 Å². The second-order valence-corrected chi connectivity index (χ2v) is 4.31. The van der Waals surface area contributed by atoms with Gasteiger partial charge in [0.2, 0.25) is 0 Å². The number of aliphatic carboxylic acids is 1. The molecule has 0 saturated heterocycles. The van der Waals surface area contributed by atoms with Gasteiger partial charge in [-0.25, -0.2) is 9.59 Å². The molecule has 1 rings (SSSR count). The summed E-state index contributed by atoms with van der Waals surface area (Å²) in [7, 11) is 0. The lowest BCUT2D eigenvalue weighted by molar-refractivity contribution is -0.170. The van der Waals surface area contributed by atoms with E-state index in [0.29, 0.717) is 12.5 Å². The van der Waals surface area contributed by atoms with E-state index in [0.717, 1.165) is 25.7 Å². The Morgan fingerprint density at radius 3 is 2.47 bits per heavy atom. The average molecular weight is 244 g/mol. The number of carbonyl (C=O) groups is 2. The molecule has 5 heteroatoms. The van der Waals surface area contributed by atoms with Gasteiger partial charge in [0.1, 0.15) is 0 Å². The SMILES string of the molecule is CCOC(=O)C(OCC1CCCCC1)C(=O)O. The van der Waals surface area contributed by atoms with E-state index in [1.807, 2.05) is 0 Å². The molecule has 0 spiro atoms. The first kappa shape index (κ1) is 14.0. The first-order chi connectivity index (χ1) is 8.15. The summed E-state index contributed by atoms with van der Waals surface area (Å²) in [4.78, 5) is 22.2. The van der Waals surface area contributed by atoms with Crippen molar-refractivity contribution in [1.29, 1.82) is 0 Å². The number of esters is 1. The predicted octanol–water partition coefficient (Wildman–Crippen LogP) is 1.60. The van der Waals surface area contributed by atoms with Crippen molar-refractivity contribution in [1.82, 2.24) is 0 Å². The zero-order chi connectivity index (χ0) is 12.7. The molecule has 1 saturated carbocycles. The van der Waals surface area contributed by atoms with Crippen LogP contribution in [0.2, 0.25) is 0 Å². The molecule has 1 atom stereocenters. The molecule has 0 aromatic rings. The van der Waals surface area contributed by atoms with Gasteiger partial charge in [-0.1, -0.05) is 19.3 Å². The van der Waals surface area contributed by atoms with Gasteiger partial charge in [-0.2, -0.15) is 0 Å². The molecule has 0 aromatic carbocycles. The number of rotatable bonds is 6. The molecule has 17 heavy (non-hydrogen) atoms. The third-order valence-corrected chi connectivity index (χ3v) is 2.95. The Labute approximate surface area is 101 Å². The van der Waals surface area contributed by atoms with Crippen molar-refractivity contribution >= 4 is 11.9 Å². The molecular formula is C12H20O5. The summed E-state index contributed by atoms with van der Waals surface area (Å²) >= 11 is 0. The molecule has 0 radical (unpaired) electrons. The maximum atomic E-state index is 11.3. The fourth-order valence-electron chi connectivity index (χ4n) is 2.04. The fourth-order valence-corrected chi connectivity index (χ4v) is 2.04. The molecule has 0 aromatic heterocycles. The van der Waals surface area contributed by atoms with Gasteiger partial charge in [-0.15, -0.1) is 0 Å². The summed E-state index contributed by atoms with van der Waals surface area (Å²) in [5, 5.41) is 8.87. The number of ether oxygens (including phenoxy) is 2. The second-order valence-electron chi connectivity index (χ2n) is 4.31. The van der Waals surface area contributed by atoms with Gasteiger partial charge >= 0.3 is 11.9 Å². The molecule has 1 aliphatic carbocycles. The second kappa shape index (κ2) is 7.27. The van der Waals surface area contributed by atoms with Gasteiger partial charge < -0.3 is 14.6 Å². The van der Waals surface area contributed by atoms with Crippen LogP contribution in [0.15, 0.2) is 0 Å². The molecule has 98 valence electrons.